The molecular formula is C16H15N5OS. The highest BCUT2D eigenvalue weighted by molar-refractivity contribution is 7.98. The second-order valence-corrected chi connectivity index (χ2v) is 5.76. The Morgan fingerprint density at radius 3 is 2.74 bits per heavy atom. The third-order valence-corrected chi connectivity index (χ3v) is 4.14. The van der Waals surface area contributed by atoms with E-state index in [1.54, 1.807) is 29.9 Å². The average Bonchev–Trinajstić information content (AvgIpc) is 2.95. The average molecular weight is 325 g/mol. The SMILES string of the molecule is Cc1nnc(SCc2ccccc2)n1NC(=O)c1cccnc1. The van der Waals surface area contributed by atoms with Crippen molar-refractivity contribution in [2.75, 3.05) is 5.43 Å². The third kappa shape index (κ3) is 3.75. The molecular weight excluding hydrogens is 310 g/mol. The quantitative estimate of drug-likeness (QED) is 0.730. The molecule has 0 aliphatic heterocycles. The number of carbonyl (C=O) groups is 1. The molecule has 0 fully saturated rings. The predicted octanol–water partition coefficient (Wildman–Crippen LogP) is 2.66. The van der Waals surface area contributed by atoms with Gasteiger partial charge in [-0.25, -0.2) is 4.68 Å². The summed E-state index contributed by atoms with van der Waals surface area (Å²) >= 11 is 1.52. The Hall–Kier alpha value is -2.67. The van der Waals surface area contributed by atoms with Gasteiger partial charge in [0.05, 0.1) is 5.56 Å². The minimum absolute atomic E-state index is 0.248. The fourth-order valence-electron chi connectivity index (χ4n) is 1.95. The van der Waals surface area contributed by atoms with Crippen LogP contribution in [0.25, 0.3) is 0 Å². The van der Waals surface area contributed by atoms with Crippen molar-refractivity contribution in [2.45, 2.75) is 17.8 Å². The van der Waals surface area contributed by atoms with Crippen LogP contribution in [0.5, 0.6) is 0 Å². The zero-order valence-corrected chi connectivity index (χ0v) is 13.3. The Kier molecular flexibility index (Phi) is 4.68. The molecule has 23 heavy (non-hydrogen) atoms. The smallest absolute Gasteiger partial charge is 0.267 e. The summed E-state index contributed by atoms with van der Waals surface area (Å²) in [6.45, 7) is 1.79. The highest BCUT2D eigenvalue weighted by atomic mass is 32.2. The first-order valence-electron chi connectivity index (χ1n) is 7.04. The predicted molar refractivity (Wildman–Crippen MR) is 88.7 cm³/mol. The Labute approximate surface area is 137 Å². The zero-order valence-electron chi connectivity index (χ0n) is 12.5. The molecule has 2 aromatic heterocycles. The van der Waals surface area contributed by atoms with E-state index in [1.165, 1.54) is 23.5 Å². The molecule has 2 heterocycles. The molecule has 0 saturated heterocycles. The minimum atomic E-state index is -0.248. The first-order valence-corrected chi connectivity index (χ1v) is 8.03. The summed E-state index contributed by atoms with van der Waals surface area (Å²) < 4.78 is 1.60. The Morgan fingerprint density at radius 2 is 2.00 bits per heavy atom. The zero-order chi connectivity index (χ0) is 16.1. The van der Waals surface area contributed by atoms with E-state index in [4.69, 9.17) is 0 Å². The van der Waals surface area contributed by atoms with E-state index >= 15 is 0 Å². The van der Waals surface area contributed by atoms with Crippen LogP contribution < -0.4 is 5.43 Å². The van der Waals surface area contributed by atoms with Gasteiger partial charge in [0.25, 0.3) is 5.91 Å². The van der Waals surface area contributed by atoms with Crippen molar-refractivity contribution in [1.82, 2.24) is 19.9 Å². The number of aromatic nitrogens is 4. The molecule has 0 saturated carbocycles. The molecule has 1 aromatic carbocycles. The van der Waals surface area contributed by atoms with Crippen LogP contribution >= 0.6 is 11.8 Å². The number of hydrogen-bond donors (Lipinski definition) is 1. The fraction of sp³-hybridized carbons (Fsp3) is 0.125. The van der Waals surface area contributed by atoms with Crippen molar-refractivity contribution in [2.24, 2.45) is 0 Å². The van der Waals surface area contributed by atoms with Crippen LogP contribution in [0.1, 0.15) is 21.7 Å². The van der Waals surface area contributed by atoms with Crippen LogP contribution in [-0.4, -0.2) is 25.8 Å². The number of nitrogens with one attached hydrogen (secondary N) is 1. The Bertz CT molecular complexity index is 789. The van der Waals surface area contributed by atoms with E-state index < -0.39 is 0 Å². The summed E-state index contributed by atoms with van der Waals surface area (Å²) in [5.74, 6) is 1.13. The normalized spacial score (nSPS) is 10.5. The van der Waals surface area contributed by atoms with Crippen LogP contribution in [0.4, 0.5) is 0 Å². The van der Waals surface area contributed by atoms with E-state index in [0.29, 0.717) is 16.5 Å². The van der Waals surface area contributed by atoms with Gasteiger partial charge in [-0.1, -0.05) is 42.1 Å². The number of pyridine rings is 1. The standard InChI is InChI=1S/C16H15N5OS/c1-12-18-19-16(23-11-13-6-3-2-4-7-13)21(12)20-15(22)14-8-5-9-17-10-14/h2-10H,11H2,1H3,(H,20,22). The van der Waals surface area contributed by atoms with Crippen molar-refractivity contribution in [3.8, 4) is 0 Å². The van der Waals surface area contributed by atoms with E-state index in [9.17, 15) is 4.79 Å². The molecule has 6 nitrogen and oxygen atoms in total. The van der Waals surface area contributed by atoms with Crippen LogP contribution in [0, 0.1) is 6.92 Å². The van der Waals surface area contributed by atoms with Gasteiger partial charge in [0, 0.05) is 18.1 Å². The first kappa shape index (κ1) is 15.2. The number of hydrogen-bond acceptors (Lipinski definition) is 5. The number of rotatable bonds is 5. The van der Waals surface area contributed by atoms with E-state index in [0.717, 1.165) is 5.75 Å². The summed E-state index contributed by atoms with van der Waals surface area (Å²) in [6.07, 6.45) is 3.15. The lowest BCUT2D eigenvalue weighted by atomic mass is 10.2. The van der Waals surface area contributed by atoms with E-state index in [-0.39, 0.29) is 5.91 Å². The summed E-state index contributed by atoms with van der Waals surface area (Å²) in [7, 11) is 0. The molecule has 1 amide bonds. The molecule has 7 heteroatoms. The molecule has 3 aromatic rings. The van der Waals surface area contributed by atoms with E-state index in [1.807, 2.05) is 18.2 Å². The second-order valence-electron chi connectivity index (χ2n) is 4.82. The Morgan fingerprint density at radius 1 is 1.17 bits per heavy atom. The van der Waals surface area contributed by atoms with Crippen LogP contribution in [0.3, 0.4) is 0 Å². The molecule has 0 spiro atoms. The number of thioether (sulfide) groups is 1. The van der Waals surface area contributed by atoms with Gasteiger partial charge in [-0.2, -0.15) is 0 Å². The number of aryl methyl sites for hydroxylation is 1. The maximum absolute atomic E-state index is 12.3. The van der Waals surface area contributed by atoms with Crippen molar-refractivity contribution >= 4 is 17.7 Å². The Balaban J connectivity index is 1.73. The second kappa shape index (κ2) is 7.06. The number of benzene rings is 1. The maximum Gasteiger partial charge on any atom is 0.271 e. The lowest BCUT2D eigenvalue weighted by molar-refractivity contribution is 0.100. The van der Waals surface area contributed by atoms with Gasteiger partial charge in [0.2, 0.25) is 5.16 Å². The number of amides is 1. The van der Waals surface area contributed by atoms with Crippen LogP contribution in [0.15, 0.2) is 60.0 Å². The molecule has 116 valence electrons. The van der Waals surface area contributed by atoms with Gasteiger partial charge in [-0.15, -0.1) is 10.2 Å². The molecule has 0 atom stereocenters. The summed E-state index contributed by atoms with van der Waals surface area (Å²) in [6, 6.07) is 13.5. The van der Waals surface area contributed by atoms with E-state index in [2.05, 4.69) is 32.7 Å². The van der Waals surface area contributed by atoms with Gasteiger partial charge in [0.1, 0.15) is 5.82 Å². The summed E-state index contributed by atoms with van der Waals surface area (Å²) in [4.78, 5) is 16.2. The van der Waals surface area contributed by atoms with Crippen molar-refractivity contribution in [1.29, 1.82) is 0 Å². The van der Waals surface area contributed by atoms with Crippen molar-refractivity contribution < 1.29 is 4.79 Å². The van der Waals surface area contributed by atoms with Gasteiger partial charge < -0.3 is 0 Å². The molecule has 0 aliphatic rings. The minimum Gasteiger partial charge on any atom is -0.267 e. The first-order chi connectivity index (χ1) is 11.2. The molecule has 1 N–H and O–H groups in total. The molecule has 0 bridgehead atoms. The third-order valence-electron chi connectivity index (χ3n) is 3.14. The molecule has 0 radical (unpaired) electrons. The highest BCUT2D eigenvalue weighted by Crippen LogP contribution is 2.20. The van der Waals surface area contributed by atoms with Gasteiger partial charge >= 0.3 is 0 Å². The lowest BCUT2D eigenvalue weighted by Crippen LogP contribution is -2.24. The number of carbonyl (C=O) groups excluding carboxylic acids is 1. The number of nitrogens with zero attached hydrogens (tertiary/aromatic N) is 4. The summed E-state index contributed by atoms with van der Waals surface area (Å²) in [5.41, 5.74) is 4.47. The van der Waals surface area contributed by atoms with Crippen molar-refractivity contribution in [3.05, 3.63) is 71.8 Å². The largest absolute Gasteiger partial charge is 0.271 e. The lowest BCUT2D eigenvalue weighted by Gasteiger charge is -2.09. The highest BCUT2D eigenvalue weighted by Gasteiger charge is 2.13. The van der Waals surface area contributed by atoms with Gasteiger partial charge in [-0.3, -0.25) is 15.2 Å². The monoisotopic (exact) mass is 325 g/mol. The van der Waals surface area contributed by atoms with Gasteiger partial charge in [-0.05, 0) is 24.6 Å². The van der Waals surface area contributed by atoms with Crippen LogP contribution in [-0.2, 0) is 5.75 Å². The summed E-state index contributed by atoms with van der Waals surface area (Å²) in [5, 5.41) is 8.80. The molecule has 0 aliphatic carbocycles. The molecule has 0 unspecified atom stereocenters. The molecule has 3 rings (SSSR count). The topological polar surface area (TPSA) is 72.7 Å². The van der Waals surface area contributed by atoms with Crippen LogP contribution in [0.2, 0.25) is 0 Å². The van der Waals surface area contributed by atoms with Gasteiger partial charge in [0.15, 0.2) is 0 Å². The fourth-order valence-corrected chi connectivity index (χ4v) is 2.84. The van der Waals surface area contributed by atoms with Crippen molar-refractivity contribution in [3.63, 3.8) is 0 Å². The maximum atomic E-state index is 12.3.